The Morgan fingerprint density at radius 2 is 2.15 bits per heavy atom. The minimum absolute atomic E-state index is 0.0372. The minimum Gasteiger partial charge on any atom is -0.377 e. The van der Waals surface area contributed by atoms with Gasteiger partial charge in [0.15, 0.2) is 0 Å². The third kappa shape index (κ3) is 4.12. The zero-order chi connectivity index (χ0) is 14.5. The van der Waals surface area contributed by atoms with Crippen LogP contribution in [-0.4, -0.2) is 36.7 Å². The molecule has 0 radical (unpaired) electrons. The topological polar surface area (TPSA) is 41.6 Å². The number of halogens is 1. The minimum atomic E-state index is -0.0424. The van der Waals surface area contributed by atoms with Gasteiger partial charge in [-0.25, -0.2) is 4.79 Å². The molecule has 2 rings (SSSR count). The van der Waals surface area contributed by atoms with E-state index in [1.807, 2.05) is 43.0 Å². The number of ether oxygens (including phenoxy) is 1. The molecule has 2 amide bonds. The van der Waals surface area contributed by atoms with Gasteiger partial charge in [0, 0.05) is 24.7 Å². The van der Waals surface area contributed by atoms with Gasteiger partial charge in [-0.05, 0) is 38.0 Å². The molecule has 1 heterocycles. The van der Waals surface area contributed by atoms with Crippen molar-refractivity contribution in [3.8, 4) is 0 Å². The van der Waals surface area contributed by atoms with Crippen molar-refractivity contribution >= 4 is 17.6 Å². The first-order chi connectivity index (χ1) is 9.56. The van der Waals surface area contributed by atoms with Crippen molar-refractivity contribution in [3.05, 3.63) is 34.9 Å². The van der Waals surface area contributed by atoms with Gasteiger partial charge in [-0.15, -0.1) is 0 Å². The van der Waals surface area contributed by atoms with Crippen molar-refractivity contribution in [2.45, 2.75) is 32.4 Å². The van der Waals surface area contributed by atoms with E-state index >= 15 is 0 Å². The highest BCUT2D eigenvalue weighted by Gasteiger charge is 2.21. The van der Waals surface area contributed by atoms with E-state index in [-0.39, 0.29) is 18.2 Å². The molecule has 4 nitrogen and oxygen atoms in total. The number of nitrogens with zero attached hydrogens (tertiary/aromatic N) is 1. The molecule has 110 valence electrons. The Morgan fingerprint density at radius 1 is 1.45 bits per heavy atom. The molecule has 1 saturated heterocycles. The van der Waals surface area contributed by atoms with E-state index in [1.54, 1.807) is 0 Å². The van der Waals surface area contributed by atoms with Crippen LogP contribution in [0.5, 0.6) is 0 Å². The van der Waals surface area contributed by atoms with E-state index < -0.39 is 0 Å². The van der Waals surface area contributed by atoms with E-state index in [0.717, 1.165) is 25.1 Å². The van der Waals surface area contributed by atoms with Gasteiger partial charge >= 0.3 is 6.03 Å². The molecule has 0 unspecified atom stereocenters. The maximum absolute atomic E-state index is 12.3. The Kier molecular flexibility index (Phi) is 5.26. The van der Waals surface area contributed by atoms with E-state index in [2.05, 4.69) is 5.32 Å². The van der Waals surface area contributed by atoms with Crippen LogP contribution in [-0.2, 0) is 4.74 Å². The summed E-state index contributed by atoms with van der Waals surface area (Å²) in [5, 5.41) is 3.72. The highest BCUT2D eigenvalue weighted by molar-refractivity contribution is 6.30. The highest BCUT2D eigenvalue weighted by Crippen LogP contribution is 2.16. The van der Waals surface area contributed by atoms with Crippen LogP contribution in [0.3, 0.4) is 0 Å². The van der Waals surface area contributed by atoms with Gasteiger partial charge in [-0.3, -0.25) is 0 Å². The summed E-state index contributed by atoms with van der Waals surface area (Å²) in [6.07, 6.45) is 0.974. The van der Waals surface area contributed by atoms with Crippen LogP contribution in [0.15, 0.2) is 24.3 Å². The molecule has 20 heavy (non-hydrogen) atoms. The lowest BCUT2D eigenvalue weighted by atomic mass is 10.1. The van der Waals surface area contributed by atoms with Crippen LogP contribution in [0.1, 0.15) is 31.9 Å². The lowest BCUT2D eigenvalue weighted by molar-refractivity contribution is 0.0709. The van der Waals surface area contributed by atoms with Crippen molar-refractivity contribution < 1.29 is 9.53 Å². The number of benzene rings is 1. The molecule has 0 bridgehead atoms. The van der Waals surface area contributed by atoms with Gasteiger partial charge in [0.05, 0.1) is 12.1 Å². The number of amides is 2. The predicted octanol–water partition coefficient (Wildman–Crippen LogP) is 3.22. The molecule has 0 spiro atoms. The summed E-state index contributed by atoms with van der Waals surface area (Å²) >= 11 is 5.87. The second-order valence-corrected chi connectivity index (χ2v) is 5.64. The molecule has 1 fully saturated rings. The van der Waals surface area contributed by atoms with Crippen LogP contribution in [0.25, 0.3) is 0 Å². The zero-order valence-corrected chi connectivity index (χ0v) is 12.7. The van der Waals surface area contributed by atoms with Crippen LogP contribution < -0.4 is 5.32 Å². The van der Waals surface area contributed by atoms with Crippen LogP contribution >= 0.6 is 11.6 Å². The molecule has 0 saturated carbocycles. The van der Waals surface area contributed by atoms with Crippen molar-refractivity contribution in [1.82, 2.24) is 10.2 Å². The number of hydrogen-bond acceptors (Lipinski definition) is 2. The van der Waals surface area contributed by atoms with Crippen LogP contribution in [0.4, 0.5) is 4.79 Å². The molecule has 1 N–H and O–H groups in total. The Bertz CT molecular complexity index is 450. The van der Waals surface area contributed by atoms with Crippen molar-refractivity contribution in [3.63, 3.8) is 0 Å². The second-order valence-electron chi connectivity index (χ2n) is 5.20. The fourth-order valence-electron chi connectivity index (χ4n) is 2.29. The number of nitrogens with one attached hydrogen (secondary N) is 1. The Labute approximate surface area is 125 Å². The molecule has 1 aromatic rings. The van der Waals surface area contributed by atoms with E-state index in [9.17, 15) is 4.79 Å². The summed E-state index contributed by atoms with van der Waals surface area (Å²) < 4.78 is 5.55. The van der Waals surface area contributed by atoms with E-state index in [0.29, 0.717) is 11.6 Å². The van der Waals surface area contributed by atoms with Crippen LogP contribution in [0, 0.1) is 0 Å². The van der Waals surface area contributed by atoms with E-state index in [1.165, 1.54) is 0 Å². The third-order valence-corrected chi connectivity index (χ3v) is 3.70. The average molecular weight is 297 g/mol. The summed E-state index contributed by atoms with van der Waals surface area (Å²) in [5.74, 6) is 0. The fourth-order valence-corrected chi connectivity index (χ4v) is 2.42. The second kappa shape index (κ2) is 6.95. The molecule has 1 aromatic carbocycles. The Morgan fingerprint density at radius 3 is 2.85 bits per heavy atom. The van der Waals surface area contributed by atoms with Crippen molar-refractivity contribution in [2.24, 2.45) is 0 Å². The molecule has 1 aliphatic heterocycles. The lowest BCUT2D eigenvalue weighted by Crippen LogP contribution is -2.43. The quantitative estimate of drug-likeness (QED) is 0.910. The first kappa shape index (κ1) is 15.1. The summed E-state index contributed by atoms with van der Waals surface area (Å²) in [6.45, 7) is 6.06. The molecular formula is C15H21ClN2O2. The number of hydrogen-bond donors (Lipinski definition) is 1. The number of carbonyl (C=O) groups excluding carboxylic acids is 1. The van der Waals surface area contributed by atoms with Gasteiger partial charge in [-0.2, -0.15) is 0 Å². The molecule has 0 aromatic heterocycles. The monoisotopic (exact) mass is 296 g/mol. The molecule has 0 aliphatic carbocycles. The fraction of sp³-hybridized carbons (Fsp3) is 0.533. The summed E-state index contributed by atoms with van der Waals surface area (Å²) in [4.78, 5) is 14.1. The number of rotatable bonds is 2. The SMILES string of the molecule is C[C@H]1CN(C(=O)N[C@H](C)c2ccc(Cl)cc2)CCCO1. The van der Waals surface area contributed by atoms with Crippen molar-refractivity contribution in [2.75, 3.05) is 19.7 Å². The molecule has 5 heteroatoms. The van der Waals surface area contributed by atoms with Gasteiger partial charge in [0.1, 0.15) is 0 Å². The lowest BCUT2D eigenvalue weighted by Gasteiger charge is -2.25. The average Bonchev–Trinajstić information content (AvgIpc) is 2.64. The highest BCUT2D eigenvalue weighted by atomic mass is 35.5. The van der Waals surface area contributed by atoms with Gasteiger partial charge in [0.2, 0.25) is 0 Å². The maximum Gasteiger partial charge on any atom is 0.317 e. The first-order valence-electron chi connectivity index (χ1n) is 6.99. The summed E-state index contributed by atoms with van der Waals surface area (Å²) in [5.41, 5.74) is 1.04. The number of carbonyl (C=O) groups is 1. The summed E-state index contributed by atoms with van der Waals surface area (Å²) in [6, 6.07) is 7.45. The van der Waals surface area contributed by atoms with E-state index in [4.69, 9.17) is 16.3 Å². The normalized spacial score (nSPS) is 21.1. The van der Waals surface area contributed by atoms with Gasteiger partial charge in [-0.1, -0.05) is 23.7 Å². The smallest absolute Gasteiger partial charge is 0.317 e. The first-order valence-corrected chi connectivity index (χ1v) is 7.36. The summed E-state index contributed by atoms with van der Waals surface area (Å²) in [7, 11) is 0. The predicted molar refractivity (Wildman–Crippen MR) is 80.0 cm³/mol. The van der Waals surface area contributed by atoms with Crippen LogP contribution in [0.2, 0.25) is 5.02 Å². The van der Waals surface area contributed by atoms with Crippen molar-refractivity contribution in [1.29, 1.82) is 0 Å². The molecule has 2 atom stereocenters. The molecular weight excluding hydrogens is 276 g/mol. The zero-order valence-electron chi connectivity index (χ0n) is 11.9. The largest absolute Gasteiger partial charge is 0.377 e. The molecule has 1 aliphatic rings. The van der Waals surface area contributed by atoms with Gasteiger partial charge in [0.25, 0.3) is 0 Å². The third-order valence-electron chi connectivity index (χ3n) is 3.45. The Balaban J connectivity index is 1.94. The standard InChI is InChI=1S/C15H21ClN2O2/c1-11-10-18(8-3-9-20-11)15(19)17-12(2)13-4-6-14(16)7-5-13/h4-7,11-12H,3,8-10H2,1-2H3,(H,17,19)/t11-,12+/m0/s1. The maximum atomic E-state index is 12.3. The van der Waals surface area contributed by atoms with Gasteiger partial charge < -0.3 is 15.0 Å². The Hall–Kier alpha value is -1.26. The number of urea groups is 1.